The summed E-state index contributed by atoms with van der Waals surface area (Å²) in [7, 11) is 0. The lowest BCUT2D eigenvalue weighted by molar-refractivity contribution is 0.471. The van der Waals surface area contributed by atoms with Crippen molar-refractivity contribution in [1.29, 1.82) is 0 Å². The van der Waals surface area contributed by atoms with E-state index in [-0.39, 0.29) is 6.04 Å². The van der Waals surface area contributed by atoms with Gasteiger partial charge in [0.25, 0.3) is 0 Å². The summed E-state index contributed by atoms with van der Waals surface area (Å²) < 4.78 is 0. The van der Waals surface area contributed by atoms with Crippen LogP contribution in [0.1, 0.15) is 30.5 Å². The van der Waals surface area contributed by atoms with Gasteiger partial charge in [0.1, 0.15) is 5.75 Å². The molecule has 0 amide bonds. The number of phenols is 1. The third kappa shape index (κ3) is 3.42. The maximum Gasteiger partial charge on any atom is 0.120 e. The molecule has 0 saturated heterocycles. The average molecular weight is 276 g/mol. The standard InChI is InChI=1S/C16H18ClNO/c1-3-15(12-5-7-13(17)8-6-12)18-14-9-4-11(2)16(19)10-14/h4-10,15,18-19H,3H2,1-2H3. The molecule has 0 heterocycles. The van der Waals surface area contributed by atoms with E-state index in [1.807, 2.05) is 43.3 Å². The molecule has 2 nitrogen and oxygen atoms in total. The Balaban J connectivity index is 2.18. The van der Waals surface area contributed by atoms with Crippen molar-refractivity contribution in [3.63, 3.8) is 0 Å². The fourth-order valence-corrected chi connectivity index (χ4v) is 2.14. The summed E-state index contributed by atoms with van der Waals surface area (Å²) >= 11 is 5.90. The minimum Gasteiger partial charge on any atom is -0.508 e. The van der Waals surface area contributed by atoms with Gasteiger partial charge in [-0.2, -0.15) is 0 Å². The van der Waals surface area contributed by atoms with E-state index in [4.69, 9.17) is 11.6 Å². The second kappa shape index (κ2) is 5.98. The molecule has 0 saturated carbocycles. The molecule has 2 aromatic carbocycles. The van der Waals surface area contributed by atoms with E-state index >= 15 is 0 Å². The van der Waals surface area contributed by atoms with Gasteiger partial charge in [-0.1, -0.05) is 36.7 Å². The summed E-state index contributed by atoms with van der Waals surface area (Å²) in [5.41, 5.74) is 2.99. The van der Waals surface area contributed by atoms with Gasteiger partial charge in [0.2, 0.25) is 0 Å². The number of phenolic OH excluding ortho intramolecular Hbond substituents is 1. The predicted octanol–water partition coefficient (Wildman–Crippen LogP) is 4.92. The highest BCUT2D eigenvalue weighted by atomic mass is 35.5. The molecule has 2 aromatic rings. The van der Waals surface area contributed by atoms with E-state index in [1.54, 1.807) is 6.07 Å². The Labute approximate surface area is 119 Å². The summed E-state index contributed by atoms with van der Waals surface area (Å²) in [6.45, 7) is 4.01. The SMILES string of the molecule is CCC(Nc1ccc(C)c(O)c1)c1ccc(Cl)cc1. The van der Waals surface area contributed by atoms with Crippen molar-refractivity contribution in [2.45, 2.75) is 26.3 Å². The highest BCUT2D eigenvalue weighted by Gasteiger charge is 2.09. The Hall–Kier alpha value is -1.67. The highest BCUT2D eigenvalue weighted by Crippen LogP contribution is 2.27. The Morgan fingerprint density at radius 3 is 2.42 bits per heavy atom. The molecule has 3 heteroatoms. The first kappa shape index (κ1) is 13.8. The zero-order valence-electron chi connectivity index (χ0n) is 11.2. The molecule has 0 spiro atoms. The number of hydrogen-bond acceptors (Lipinski definition) is 2. The lowest BCUT2D eigenvalue weighted by atomic mass is 10.0. The van der Waals surface area contributed by atoms with Crippen LogP contribution in [0.15, 0.2) is 42.5 Å². The van der Waals surface area contributed by atoms with Gasteiger partial charge in [0.05, 0.1) is 6.04 Å². The van der Waals surface area contributed by atoms with Crippen LogP contribution in [0.5, 0.6) is 5.75 Å². The van der Waals surface area contributed by atoms with E-state index in [0.29, 0.717) is 5.75 Å². The smallest absolute Gasteiger partial charge is 0.120 e. The van der Waals surface area contributed by atoms with E-state index in [2.05, 4.69) is 12.2 Å². The fourth-order valence-electron chi connectivity index (χ4n) is 2.02. The number of aromatic hydroxyl groups is 1. The Kier molecular flexibility index (Phi) is 4.33. The van der Waals surface area contributed by atoms with Crippen LogP contribution in [0.25, 0.3) is 0 Å². The van der Waals surface area contributed by atoms with Gasteiger partial charge in [-0.15, -0.1) is 0 Å². The average Bonchev–Trinajstić information content (AvgIpc) is 2.41. The lowest BCUT2D eigenvalue weighted by Gasteiger charge is -2.19. The summed E-state index contributed by atoms with van der Waals surface area (Å²) in [5, 5.41) is 13.9. The number of rotatable bonds is 4. The number of anilines is 1. The molecule has 0 aromatic heterocycles. The summed E-state index contributed by atoms with van der Waals surface area (Å²) in [6, 6.07) is 13.7. The van der Waals surface area contributed by atoms with Crippen LogP contribution in [0.2, 0.25) is 5.02 Å². The van der Waals surface area contributed by atoms with Crippen molar-refractivity contribution in [3.8, 4) is 5.75 Å². The third-order valence-electron chi connectivity index (χ3n) is 3.23. The van der Waals surface area contributed by atoms with Gasteiger partial charge in [-0.3, -0.25) is 0 Å². The van der Waals surface area contributed by atoms with E-state index < -0.39 is 0 Å². The number of hydrogen-bond donors (Lipinski definition) is 2. The molecular weight excluding hydrogens is 258 g/mol. The molecule has 0 aliphatic carbocycles. The zero-order chi connectivity index (χ0) is 13.8. The minimum absolute atomic E-state index is 0.208. The number of benzene rings is 2. The zero-order valence-corrected chi connectivity index (χ0v) is 11.9. The molecule has 0 radical (unpaired) electrons. The monoisotopic (exact) mass is 275 g/mol. The van der Waals surface area contributed by atoms with Crippen molar-refractivity contribution >= 4 is 17.3 Å². The maximum atomic E-state index is 9.74. The van der Waals surface area contributed by atoms with Gasteiger partial charge in [-0.25, -0.2) is 0 Å². The molecular formula is C16H18ClNO. The highest BCUT2D eigenvalue weighted by molar-refractivity contribution is 6.30. The molecule has 2 N–H and O–H groups in total. The molecule has 0 aliphatic heterocycles. The van der Waals surface area contributed by atoms with Crippen LogP contribution >= 0.6 is 11.6 Å². The van der Waals surface area contributed by atoms with Crippen LogP contribution < -0.4 is 5.32 Å². The first-order chi connectivity index (χ1) is 9.10. The molecule has 0 fully saturated rings. The first-order valence-corrected chi connectivity index (χ1v) is 6.79. The minimum atomic E-state index is 0.208. The summed E-state index contributed by atoms with van der Waals surface area (Å²) in [6.07, 6.45) is 0.955. The van der Waals surface area contributed by atoms with Crippen molar-refractivity contribution in [1.82, 2.24) is 0 Å². The topological polar surface area (TPSA) is 32.3 Å². The van der Waals surface area contributed by atoms with Gasteiger partial charge in [-0.05, 0) is 42.7 Å². The number of aryl methyl sites for hydroxylation is 1. The quantitative estimate of drug-likeness (QED) is 0.830. The van der Waals surface area contributed by atoms with Gasteiger partial charge < -0.3 is 10.4 Å². The predicted molar refractivity (Wildman–Crippen MR) is 81.0 cm³/mol. The molecule has 1 unspecified atom stereocenters. The van der Waals surface area contributed by atoms with E-state index in [9.17, 15) is 5.11 Å². The first-order valence-electron chi connectivity index (χ1n) is 6.41. The number of halogens is 1. The van der Waals surface area contributed by atoms with Crippen molar-refractivity contribution in [2.24, 2.45) is 0 Å². The van der Waals surface area contributed by atoms with Crippen LogP contribution in [-0.4, -0.2) is 5.11 Å². The normalized spacial score (nSPS) is 12.2. The summed E-state index contributed by atoms with van der Waals surface area (Å²) in [4.78, 5) is 0. The Morgan fingerprint density at radius 1 is 1.16 bits per heavy atom. The number of nitrogens with one attached hydrogen (secondary N) is 1. The molecule has 0 aliphatic rings. The molecule has 2 rings (SSSR count). The molecule has 19 heavy (non-hydrogen) atoms. The van der Waals surface area contributed by atoms with Crippen LogP contribution in [0, 0.1) is 6.92 Å². The van der Waals surface area contributed by atoms with Gasteiger partial charge in [0, 0.05) is 16.8 Å². The fraction of sp³-hybridized carbons (Fsp3) is 0.250. The molecule has 100 valence electrons. The Bertz CT molecular complexity index is 551. The van der Waals surface area contributed by atoms with Crippen LogP contribution in [0.4, 0.5) is 5.69 Å². The molecule has 1 atom stereocenters. The summed E-state index contributed by atoms with van der Waals surface area (Å²) in [5.74, 6) is 0.316. The maximum absolute atomic E-state index is 9.74. The van der Waals surface area contributed by atoms with Crippen LogP contribution in [0.3, 0.4) is 0 Å². The second-order valence-corrected chi connectivity index (χ2v) is 5.09. The van der Waals surface area contributed by atoms with Crippen molar-refractivity contribution < 1.29 is 5.11 Å². The second-order valence-electron chi connectivity index (χ2n) is 4.66. The van der Waals surface area contributed by atoms with Gasteiger partial charge in [0.15, 0.2) is 0 Å². The third-order valence-corrected chi connectivity index (χ3v) is 3.48. The van der Waals surface area contributed by atoms with Crippen LogP contribution in [-0.2, 0) is 0 Å². The van der Waals surface area contributed by atoms with Crippen molar-refractivity contribution in [3.05, 3.63) is 58.6 Å². The van der Waals surface area contributed by atoms with Gasteiger partial charge >= 0.3 is 0 Å². The van der Waals surface area contributed by atoms with E-state index in [1.165, 1.54) is 5.56 Å². The van der Waals surface area contributed by atoms with E-state index in [0.717, 1.165) is 22.7 Å². The lowest BCUT2D eigenvalue weighted by Crippen LogP contribution is -2.09. The Morgan fingerprint density at radius 2 is 1.84 bits per heavy atom. The van der Waals surface area contributed by atoms with Crippen molar-refractivity contribution in [2.75, 3.05) is 5.32 Å². The largest absolute Gasteiger partial charge is 0.508 e. The molecule has 0 bridgehead atoms.